The highest BCUT2D eigenvalue weighted by atomic mass is 31.2. The SMILES string of the molecule is CCCC/C=C\C/C=C\CCCCCCCC(=O)NCCOP(=O)(O)OCC(O)COC(C)=O. The number of allylic oxidation sites excluding steroid dienone is 4. The van der Waals surface area contributed by atoms with E-state index >= 15 is 0 Å². The van der Waals surface area contributed by atoms with E-state index in [1.165, 1.54) is 26.2 Å². The Morgan fingerprint density at radius 1 is 0.941 bits per heavy atom. The number of phosphoric ester groups is 1. The maximum atomic E-state index is 11.8. The van der Waals surface area contributed by atoms with E-state index in [0.717, 1.165) is 44.9 Å². The summed E-state index contributed by atoms with van der Waals surface area (Å²) in [5.41, 5.74) is 0. The summed E-state index contributed by atoms with van der Waals surface area (Å²) in [6.45, 7) is 2.37. The number of carbonyl (C=O) groups is 2. The number of esters is 1. The van der Waals surface area contributed by atoms with Crippen LogP contribution in [0.2, 0.25) is 0 Å². The Hall–Kier alpha value is -1.51. The van der Waals surface area contributed by atoms with E-state index in [-0.39, 0.29) is 25.7 Å². The number of phosphoric acid groups is 1. The number of hydrogen-bond donors (Lipinski definition) is 3. The van der Waals surface area contributed by atoms with E-state index in [2.05, 4.69) is 45.8 Å². The Morgan fingerprint density at radius 2 is 1.59 bits per heavy atom. The highest BCUT2D eigenvalue weighted by Crippen LogP contribution is 2.42. The molecule has 0 spiro atoms. The van der Waals surface area contributed by atoms with Gasteiger partial charge in [0.05, 0.1) is 13.2 Å². The molecule has 34 heavy (non-hydrogen) atoms. The Bertz CT molecular complexity index is 638. The first-order valence-corrected chi connectivity index (χ1v) is 13.8. The number of carbonyl (C=O) groups excluding carboxylic acids is 2. The predicted molar refractivity (Wildman–Crippen MR) is 132 cm³/mol. The van der Waals surface area contributed by atoms with Crippen LogP contribution in [0.25, 0.3) is 0 Å². The van der Waals surface area contributed by atoms with Gasteiger partial charge < -0.3 is 20.1 Å². The van der Waals surface area contributed by atoms with Gasteiger partial charge in [0.25, 0.3) is 0 Å². The molecule has 198 valence electrons. The fraction of sp³-hybridized carbons (Fsp3) is 0.750. The van der Waals surface area contributed by atoms with Crippen molar-refractivity contribution in [3.05, 3.63) is 24.3 Å². The van der Waals surface area contributed by atoms with Gasteiger partial charge in [-0.1, -0.05) is 63.3 Å². The molecule has 2 unspecified atom stereocenters. The van der Waals surface area contributed by atoms with Gasteiger partial charge in [-0.15, -0.1) is 0 Å². The number of rotatable bonds is 22. The van der Waals surface area contributed by atoms with Crippen LogP contribution in [-0.2, 0) is 27.9 Å². The lowest BCUT2D eigenvalue weighted by atomic mass is 10.1. The van der Waals surface area contributed by atoms with Crippen molar-refractivity contribution in [1.82, 2.24) is 5.32 Å². The van der Waals surface area contributed by atoms with Crippen LogP contribution in [0, 0.1) is 0 Å². The fourth-order valence-corrected chi connectivity index (χ4v) is 3.58. The number of aliphatic hydroxyl groups is 1. The van der Waals surface area contributed by atoms with Gasteiger partial charge in [0, 0.05) is 19.9 Å². The third kappa shape index (κ3) is 23.6. The van der Waals surface area contributed by atoms with Crippen LogP contribution in [0.3, 0.4) is 0 Å². The minimum atomic E-state index is -4.37. The quantitative estimate of drug-likeness (QED) is 0.0843. The van der Waals surface area contributed by atoms with E-state index in [1.54, 1.807) is 0 Å². The van der Waals surface area contributed by atoms with E-state index in [0.29, 0.717) is 6.42 Å². The van der Waals surface area contributed by atoms with Crippen molar-refractivity contribution >= 4 is 19.7 Å². The van der Waals surface area contributed by atoms with Crippen molar-refractivity contribution in [3.63, 3.8) is 0 Å². The number of nitrogens with one attached hydrogen (secondary N) is 1. The number of hydrogen-bond acceptors (Lipinski definition) is 7. The minimum absolute atomic E-state index is 0.0723. The molecule has 0 aliphatic carbocycles. The van der Waals surface area contributed by atoms with Crippen molar-refractivity contribution in [1.29, 1.82) is 0 Å². The van der Waals surface area contributed by atoms with Gasteiger partial charge in [-0.05, 0) is 32.1 Å². The average Bonchev–Trinajstić information content (AvgIpc) is 2.79. The van der Waals surface area contributed by atoms with E-state index < -0.39 is 26.5 Å². The fourth-order valence-electron chi connectivity index (χ4n) is 2.83. The molecule has 0 saturated heterocycles. The maximum Gasteiger partial charge on any atom is 0.472 e. The molecule has 10 heteroatoms. The molecule has 9 nitrogen and oxygen atoms in total. The van der Waals surface area contributed by atoms with E-state index in [4.69, 9.17) is 4.52 Å². The third-order valence-electron chi connectivity index (χ3n) is 4.69. The Labute approximate surface area is 204 Å². The molecule has 0 heterocycles. The molecule has 0 saturated carbocycles. The molecule has 0 aliphatic heterocycles. The molecular weight excluding hydrogens is 461 g/mol. The van der Waals surface area contributed by atoms with Crippen LogP contribution in [0.15, 0.2) is 24.3 Å². The van der Waals surface area contributed by atoms with Gasteiger partial charge in [0.15, 0.2) is 0 Å². The van der Waals surface area contributed by atoms with Gasteiger partial charge in [0.1, 0.15) is 12.7 Å². The molecule has 2 atom stereocenters. The van der Waals surface area contributed by atoms with Crippen molar-refractivity contribution in [2.45, 2.75) is 90.6 Å². The lowest BCUT2D eigenvalue weighted by Gasteiger charge is -2.15. The van der Waals surface area contributed by atoms with Gasteiger partial charge in [-0.2, -0.15) is 0 Å². The zero-order chi connectivity index (χ0) is 25.5. The second-order valence-electron chi connectivity index (χ2n) is 8.03. The standard InChI is InChI=1S/C24H44NO8P/c1-3-4-5-6-7-8-9-10-11-12-13-14-15-16-17-24(28)25-18-19-32-34(29,30)33-21-23(27)20-31-22(2)26/h6-7,9-10,23,27H,3-5,8,11-21H2,1-2H3,(H,25,28)(H,29,30)/b7-6-,10-9-. The van der Waals surface area contributed by atoms with Crippen LogP contribution in [0.5, 0.6) is 0 Å². The Balaban J connectivity index is 3.59. The van der Waals surface area contributed by atoms with Crippen molar-refractivity contribution in [2.24, 2.45) is 0 Å². The first kappa shape index (κ1) is 32.5. The third-order valence-corrected chi connectivity index (χ3v) is 5.68. The number of ether oxygens (including phenoxy) is 1. The molecule has 1 amide bonds. The summed E-state index contributed by atoms with van der Waals surface area (Å²) < 4.78 is 25.6. The monoisotopic (exact) mass is 505 g/mol. The zero-order valence-corrected chi connectivity index (χ0v) is 21.7. The molecule has 0 aromatic carbocycles. The second-order valence-corrected chi connectivity index (χ2v) is 9.48. The van der Waals surface area contributed by atoms with Crippen LogP contribution in [0.1, 0.15) is 84.5 Å². The topological polar surface area (TPSA) is 131 Å². The molecule has 0 aliphatic rings. The summed E-state index contributed by atoms with van der Waals surface area (Å²) in [5.74, 6) is -0.716. The normalized spacial score (nSPS) is 14.4. The Morgan fingerprint density at radius 3 is 2.26 bits per heavy atom. The number of aliphatic hydroxyl groups excluding tert-OH is 1. The largest absolute Gasteiger partial charge is 0.472 e. The number of unbranched alkanes of at least 4 members (excludes halogenated alkanes) is 7. The van der Waals surface area contributed by atoms with Crippen molar-refractivity contribution in [2.75, 3.05) is 26.4 Å². The highest BCUT2D eigenvalue weighted by Gasteiger charge is 2.23. The van der Waals surface area contributed by atoms with Gasteiger partial charge in [-0.3, -0.25) is 18.6 Å². The Kier molecular flexibility index (Phi) is 21.0. The smallest absolute Gasteiger partial charge is 0.463 e. The zero-order valence-electron chi connectivity index (χ0n) is 20.8. The summed E-state index contributed by atoms with van der Waals surface area (Å²) in [6.07, 6.45) is 19.0. The number of amides is 1. The minimum Gasteiger partial charge on any atom is -0.463 e. The van der Waals surface area contributed by atoms with Gasteiger partial charge in [-0.25, -0.2) is 4.57 Å². The highest BCUT2D eigenvalue weighted by molar-refractivity contribution is 7.47. The lowest BCUT2D eigenvalue weighted by molar-refractivity contribution is -0.144. The molecule has 3 N–H and O–H groups in total. The summed E-state index contributed by atoms with van der Waals surface area (Å²) in [5, 5.41) is 12.1. The lowest BCUT2D eigenvalue weighted by Crippen LogP contribution is -2.27. The van der Waals surface area contributed by atoms with Crippen molar-refractivity contribution in [3.8, 4) is 0 Å². The molecular formula is C24H44NO8P. The summed E-state index contributed by atoms with van der Waals surface area (Å²) in [4.78, 5) is 32.0. The summed E-state index contributed by atoms with van der Waals surface area (Å²) >= 11 is 0. The summed E-state index contributed by atoms with van der Waals surface area (Å²) in [6, 6.07) is 0. The van der Waals surface area contributed by atoms with Crippen molar-refractivity contribution < 1.29 is 37.9 Å². The predicted octanol–water partition coefficient (Wildman–Crippen LogP) is 4.58. The van der Waals surface area contributed by atoms with Gasteiger partial charge in [0.2, 0.25) is 5.91 Å². The molecule has 0 bridgehead atoms. The molecule has 0 aromatic rings. The molecule has 0 rings (SSSR count). The maximum absolute atomic E-state index is 11.8. The van der Waals surface area contributed by atoms with E-state index in [9.17, 15) is 24.2 Å². The molecule has 0 radical (unpaired) electrons. The van der Waals surface area contributed by atoms with Crippen LogP contribution in [0.4, 0.5) is 0 Å². The first-order valence-electron chi connectivity index (χ1n) is 12.3. The summed E-state index contributed by atoms with van der Waals surface area (Å²) in [7, 11) is -4.37. The van der Waals surface area contributed by atoms with Gasteiger partial charge >= 0.3 is 13.8 Å². The molecule has 0 fully saturated rings. The van der Waals surface area contributed by atoms with Crippen LogP contribution in [-0.4, -0.2) is 54.3 Å². The first-order chi connectivity index (χ1) is 16.3. The van der Waals surface area contributed by atoms with E-state index in [1.807, 2.05) is 0 Å². The second kappa shape index (κ2) is 22.0. The van der Waals surface area contributed by atoms with Crippen LogP contribution < -0.4 is 5.32 Å². The average molecular weight is 506 g/mol. The van der Waals surface area contributed by atoms with Crippen LogP contribution >= 0.6 is 7.82 Å². The molecule has 0 aromatic heterocycles.